The minimum atomic E-state index is 0.515. The van der Waals surface area contributed by atoms with Gasteiger partial charge in [0.1, 0.15) is 6.29 Å². The summed E-state index contributed by atoms with van der Waals surface area (Å²) in [6.45, 7) is 1.90. The molecule has 2 nitrogen and oxygen atoms in total. The Morgan fingerprint density at radius 3 is 3.17 bits per heavy atom. The number of ether oxygens (including phenoxy) is 1. The second-order valence-corrected chi connectivity index (χ2v) is 4.16. The molecule has 1 aliphatic heterocycles. The van der Waals surface area contributed by atoms with Gasteiger partial charge >= 0.3 is 0 Å². The normalized spacial score (nSPS) is 39.8. The lowest BCUT2D eigenvalue weighted by Gasteiger charge is -2.22. The molecule has 1 spiro atoms. The summed E-state index contributed by atoms with van der Waals surface area (Å²) < 4.78 is 5.47. The monoisotopic (exact) mass is 168 g/mol. The number of hydrogen-bond donors (Lipinski definition) is 0. The van der Waals surface area contributed by atoms with Crippen LogP contribution in [0, 0.1) is 11.3 Å². The van der Waals surface area contributed by atoms with Crippen molar-refractivity contribution >= 4 is 6.29 Å². The van der Waals surface area contributed by atoms with E-state index in [0.29, 0.717) is 5.41 Å². The zero-order chi connectivity index (χ0) is 8.44. The maximum Gasteiger partial charge on any atom is 0.120 e. The molecule has 0 amide bonds. The molecule has 12 heavy (non-hydrogen) atoms. The molecule has 0 aromatic carbocycles. The van der Waals surface area contributed by atoms with E-state index in [4.69, 9.17) is 4.74 Å². The van der Waals surface area contributed by atoms with E-state index in [0.717, 1.165) is 38.3 Å². The van der Waals surface area contributed by atoms with Crippen LogP contribution >= 0.6 is 0 Å². The van der Waals surface area contributed by atoms with Crippen LogP contribution in [0.15, 0.2) is 0 Å². The van der Waals surface area contributed by atoms with E-state index in [1.807, 2.05) is 0 Å². The molecule has 2 atom stereocenters. The van der Waals surface area contributed by atoms with Gasteiger partial charge in [-0.3, -0.25) is 0 Å². The van der Waals surface area contributed by atoms with Gasteiger partial charge in [-0.25, -0.2) is 0 Å². The standard InChI is InChI=1S/C10H16O2/c11-5-1-3-9-7-10(9)4-2-6-12-8-10/h5,9H,1-4,6-8H2. The molecule has 2 heteroatoms. The second kappa shape index (κ2) is 3.17. The fraction of sp³-hybridized carbons (Fsp3) is 0.900. The molecule has 1 aliphatic carbocycles. The lowest BCUT2D eigenvalue weighted by Crippen LogP contribution is -2.20. The third-order valence-corrected chi connectivity index (χ3v) is 3.34. The third-order valence-electron chi connectivity index (χ3n) is 3.34. The molecule has 0 aromatic rings. The molecule has 1 heterocycles. The fourth-order valence-corrected chi connectivity index (χ4v) is 2.47. The Hall–Kier alpha value is -0.370. The summed E-state index contributed by atoms with van der Waals surface area (Å²) in [6, 6.07) is 0. The number of carbonyl (C=O) groups excluding carboxylic acids is 1. The van der Waals surface area contributed by atoms with Crippen molar-refractivity contribution in [1.82, 2.24) is 0 Å². The van der Waals surface area contributed by atoms with Crippen molar-refractivity contribution in [2.45, 2.75) is 32.1 Å². The van der Waals surface area contributed by atoms with Gasteiger partial charge in [0.25, 0.3) is 0 Å². The second-order valence-electron chi connectivity index (χ2n) is 4.16. The minimum absolute atomic E-state index is 0.515. The predicted molar refractivity (Wildman–Crippen MR) is 45.9 cm³/mol. The van der Waals surface area contributed by atoms with Crippen LogP contribution in [-0.2, 0) is 9.53 Å². The van der Waals surface area contributed by atoms with Gasteiger partial charge in [-0.1, -0.05) is 0 Å². The number of carbonyl (C=O) groups is 1. The molecule has 1 saturated heterocycles. The Balaban J connectivity index is 1.79. The van der Waals surface area contributed by atoms with Crippen LogP contribution in [0.2, 0.25) is 0 Å². The van der Waals surface area contributed by atoms with Crippen molar-refractivity contribution in [2.24, 2.45) is 11.3 Å². The number of aldehydes is 1. The number of hydrogen-bond acceptors (Lipinski definition) is 2. The first-order valence-corrected chi connectivity index (χ1v) is 4.89. The molecule has 0 radical (unpaired) electrons. The Bertz CT molecular complexity index is 171. The maximum absolute atomic E-state index is 10.2. The van der Waals surface area contributed by atoms with E-state index >= 15 is 0 Å². The van der Waals surface area contributed by atoms with Crippen molar-refractivity contribution in [3.63, 3.8) is 0 Å². The maximum atomic E-state index is 10.2. The molecular formula is C10H16O2. The summed E-state index contributed by atoms with van der Waals surface area (Å²) in [7, 11) is 0. The lowest BCUT2D eigenvalue weighted by molar-refractivity contribution is -0.108. The van der Waals surface area contributed by atoms with Crippen LogP contribution in [-0.4, -0.2) is 19.5 Å². The van der Waals surface area contributed by atoms with Crippen LogP contribution < -0.4 is 0 Å². The molecule has 68 valence electrons. The highest BCUT2D eigenvalue weighted by Gasteiger charge is 2.53. The van der Waals surface area contributed by atoms with Crippen molar-refractivity contribution < 1.29 is 9.53 Å². The van der Waals surface area contributed by atoms with E-state index in [-0.39, 0.29) is 0 Å². The number of rotatable bonds is 3. The van der Waals surface area contributed by atoms with Crippen LogP contribution in [0.5, 0.6) is 0 Å². The van der Waals surface area contributed by atoms with Gasteiger partial charge in [0.2, 0.25) is 0 Å². The van der Waals surface area contributed by atoms with Gasteiger partial charge in [-0.05, 0) is 37.0 Å². The van der Waals surface area contributed by atoms with E-state index in [2.05, 4.69) is 0 Å². The quantitative estimate of drug-likeness (QED) is 0.600. The van der Waals surface area contributed by atoms with Gasteiger partial charge in [-0.15, -0.1) is 0 Å². The molecule has 1 saturated carbocycles. The Kier molecular flexibility index (Phi) is 2.18. The van der Waals surface area contributed by atoms with Gasteiger partial charge in [0.05, 0.1) is 6.61 Å². The summed E-state index contributed by atoms with van der Waals surface area (Å²) in [4.78, 5) is 10.2. The van der Waals surface area contributed by atoms with E-state index < -0.39 is 0 Å². The smallest absolute Gasteiger partial charge is 0.120 e. The van der Waals surface area contributed by atoms with Crippen molar-refractivity contribution in [1.29, 1.82) is 0 Å². The van der Waals surface area contributed by atoms with E-state index in [1.165, 1.54) is 19.3 Å². The Morgan fingerprint density at radius 2 is 2.50 bits per heavy atom. The third kappa shape index (κ3) is 1.40. The summed E-state index contributed by atoms with van der Waals surface area (Å²) in [5.74, 6) is 0.794. The Labute approximate surface area is 73.3 Å². The van der Waals surface area contributed by atoms with Gasteiger partial charge in [-0.2, -0.15) is 0 Å². The van der Waals surface area contributed by atoms with Crippen molar-refractivity contribution in [2.75, 3.05) is 13.2 Å². The van der Waals surface area contributed by atoms with Crippen molar-refractivity contribution in [3.8, 4) is 0 Å². The van der Waals surface area contributed by atoms with Crippen molar-refractivity contribution in [3.05, 3.63) is 0 Å². The van der Waals surface area contributed by atoms with E-state index in [1.54, 1.807) is 0 Å². The highest BCUT2D eigenvalue weighted by Crippen LogP contribution is 2.59. The summed E-state index contributed by atoms with van der Waals surface area (Å²) in [6.07, 6.45) is 6.73. The summed E-state index contributed by atoms with van der Waals surface area (Å²) in [5, 5.41) is 0. The van der Waals surface area contributed by atoms with Gasteiger partial charge in [0.15, 0.2) is 0 Å². The first-order valence-electron chi connectivity index (χ1n) is 4.89. The minimum Gasteiger partial charge on any atom is -0.381 e. The van der Waals surface area contributed by atoms with E-state index in [9.17, 15) is 4.79 Å². The average molecular weight is 168 g/mol. The zero-order valence-corrected chi connectivity index (χ0v) is 7.42. The molecule has 2 rings (SSSR count). The van der Waals surface area contributed by atoms with Crippen LogP contribution in [0.1, 0.15) is 32.1 Å². The van der Waals surface area contributed by atoms with Crippen LogP contribution in [0.3, 0.4) is 0 Å². The molecule has 0 aromatic heterocycles. The first-order chi connectivity index (χ1) is 5.87. The molecular weight excluding hydrogens is 152 g/mol. The lowest BCUT2D eigenvalue weighted by atomic mass is 9.95. The molecule has 0 bridgehead atoms. The van der Waals surface area contributed by atoms with Crippen LogP contribution in [0.4, 0.5) is 0 Å². The van der Waals surface area contributed by atoms with Gasteiger partial charge in [0, 0.05) is 13.0 Å². The SMILES string of the molecule is O=CCCC1CC12CCCOC2. The highest BCUT2D eigenvalue weighted by atomic mass is 16.5. The summed E-state index contributed by atoms with van der Waals surface area (Å²) >= 11 is 0. The fourth-order valence-electron chi connectivity index (χ4n) is 2.47. The topological polar surface area (TPSA) is 26.3 Å². The molecule has 2 fully saturated rings. The zero-order valence-electron chi connectivity index (χ0n) is 7.42. The Morgan fingerprint density at radius 1 is 1.58 bits per heavy atom. The first kappa shape index (κ1) is 8.24. The average Bonchev–Trinajstić information content (AvgIpc) is 2.77. The predicted octanol–water partition coefficient (Wildman–Crippen LogP) is 1.78. The van der Waals surface area contributed by atoms with Gasteiger partial charge < -0.3 is 9.53 Å². The molecule has 0 N–H and O–H groups in total. The summed E-state index contributed by atoms with van der Waals surface area (Å²) in [5.41, 5.74) is 0.515. The highest BCUT2D eigenvalue weighted by molar-refractivity contribution is 5.49. The molecule has 2 aliphatic rings. The van der Waals surface area contributed by atoms with Crippen LogP contribution in [0.25, 0.3) is 0 Å². The largest absolute Gasteiger partial charge is 0.381 e. The molecule has 2 unspecified atom stereocenters.